The largest absolute Gasteiger partial charge is 0.462 e. The second-order valence-electron chi connectivity index (χ2n) is 5.77. The minimum atomic E-state index is -0.372. The SMILES string of the molecule is CCOC(=O)c1ccc(N/C=C(\C#N)c2nc(-c3ccc(Cl)cc3Cl)cs2)cc1. The lowest BCUT2D eigenvalue weighted by Crippen LogP contribution is -2.04. The van der Waals surface area contributed by atoms with Crippen LogP contribution in [-0.4, -0.2) is 17.6 Å². The number of allylic oxidation sites excluding steroid dienone is 1. The summed E-state index contributed by atoms with van der Waals surface area (Å²) < 4.78 is 4.96. The zero-order chi connectivity index (χ0) is 20.8. The third kappa shape index (κ3) is 5.15. The molecule has 8 heteroatoms. The lowest BCUT2D eigenvalue weighted by molar-refractivity contribution is 0.0526. The van der Waals surface area contributed by atoms with Gasteiger partial charge >= 0.3 is 5.97 Å². The fourth-order valence-corrected chi connectivity index (χ4v) is 3.72. The van der Waals surface area contributed by atoms with Crippen LogP contribution in [0.4, 0.5) is 5.69 Å². The van der Waals surface area contributed by atoms with E-state index in [9.17, 15) is 10.1 Å². The van der Waals surface area contributed by atoms with Crippen molar-refractivity contribution in [1.82, 2.24) is 4.98 Å². The predicted octanol–water partition coefficient (Wildman–Crippen LogP) is 6.27. The Bertz CT molecular complexity index is 1100. The number of hydrogen-bond acceptors (Lipinski definition) is 6. The number of nitrogens with one attached hydrogen (secondary N) is 1. The van der Waals surface area contributed by atoms with Gasteiger partial charge in [0.05, 0.1) is 22.9 Å². The molecule has 3 aromatic rings. The molecule has 0 saturated carbocycles. The zero-order valence-electron chi connectivity index (χ0n) is 15.3. The molecular weight excluding hydrogens is 429 g/mol. The van der Waals surface area contributed by atoms with E-state index in [1.165, 1.54) is 11.3 Å². The van der Waals surface area contributed by atoms with E-state index in [0.717, 1.165) is 11.3 Å². The highest BCUT2D eigenvalue weighted by Gasteiger charge is 2.12. The van der Waals surface area contributed by atoms with Crippen molar-refractivity contribution in [3.05, 3.63) is 74.7 Å². The number of carbonyl (C=O) groups excluding carboxylic acids is 1. The molecule has 5 nitrogen and oxygen atoms in total. The quantitative estimate of drug-likeness (QED) is 0.358. The molecule has 0 bridgehead atoms. The number of carbonyl (C=O) groups is 1. The molecule has 0 saturated heterocycles. The van der Waals surface area contributed by atoms with Crippen molar-refractivity contribution in [1.29, 1.82) is 5.26 Å². The van der Waals surface area contributed by atoms with Crippen LogP contribution in [0.3, 0.4) is 0 Å². The number of esters is 1. The molecule has 0 radical (unpaired) electrons. The lowest BCUT2D eigenvalue weighted by Gasteiger charge is -2.04. The molecule has 1 heterocycles. The van der Waals surface area contributed by atoms with Gasteiger partial charge in [-0.2, -0.15) is 5.26 Å². The number of aromatic nitrogens is 1. The van der Waals surface area contributed by atoms with E-state index >= 15 is 0 Å². The van der Waals surface area contributed by atoms with Gasteiger partial charge < -0.3 is 10.1 Å². The van der Waals surface area contributed by atoms with Gasteiger partial charge in [0.25, 0.3) is 0 Å². The van der Waals surface area contributed by atoms with E-state index in [1.54, 1.807) is 55.6 Å². The van der Waals surface area contributed by atoms with Crippen molar-refractivity contribution in [2.24, 2.45) is 0 Å². The third-order valence-corrected chi connectivity index (χ3v) is 5.26. The Hall–Kier alpha value is -2.85. The van der Waals surface area contributed by atoms with Crippen LogP contribution in [0.2, 0.25) is 10.0 Å². The highest BCUT2D eigenvalue weighted by molar-refractivity contribution is 7.11. The molecular formula is C21H15Cl2N3O2S. The second-order valence-corrected chi connectivity index (χ2v) is 7.48. The maximum absolute atomic E-state index is 11.7. The summed E-state index contributed by atoms with van der Waals surface area (Å²) in [7, 11) is 0. The maximum atomic E-state index is 11.7. The van der Waals surface area contributed by atoms with Crippen LogP contribution in [0.5, 0.6) is 0 Å². The molecule has 0 amide bonds. The van der Waals surface area contributed by atoms with Gasteiger partial charge in [-0.25, -0.2) is 9.78 Å². The third-order valence-electron chi connectivity index (χ3n) is 3.84. The standard InChI is InChI=1S/C21H15Cl2N3O2S/c1-2-28-21(27)13-3-6-16(7-4-13)25-11-14(10-24)20-26-19(12-29-20)17-8-5-15(22)9-18(17)23/h3-9,11-12,25H,2H2,1H3/b14-11+. The van der Waals surface area contributed by atoms with Crippen molar-refractivity contribution < 1.29 is 9.53 Å². The van der Waals surface area contributed by atoms with Gasteiger partial charge in [-0.1, -0.05) is 23.2 Å². The molecule has 0 aliphatic rings. The van der Waals surface area contributed by atoms with E-state index < -0.39 is 0 Å². The van der Waals surface area contributed by atoms with Crippen LogP contribution < -0.4 is 5.32 Å². The molecule has 3 rings (SSSR count). The number of benzene rings is 2. The summed E-state index contributed by atoms with van der Waals surface area (Å²) in [6, 6.07) is 14.1. The van der Waals surface area contributed by atoms with Crippen LogP contribution >= 0.6 is 34.5 Å². The number of thiazole rings is 1. The summed E-state index contributed by atoms with van der Waals surface area (Å²) in [4.78, 5) is 16.2. The van der Waals surface area contributed by atoms with Crippen molar-refractivity contribution in [2.75, 3.05) is 11.9 Å². The Morgan fingerprint density at radius 2 is 2.03 bits per heavy atom. The molecule has 1 N–H and O–H groups in total. The maximum Gasteiger partial charge on any atom is 0.338 e. The number of rotatable bonds is 6. The summed E-state index contributed by atoms with van der Waals surface area (Å²) in [5.41, 5.74) is 2.99. The predicted molar refractivity (Wildman–Crippen MR) is 117 cm³/mol. The van der Waals surface area contributed by atoms with E-state index in [4.69, 9.17) is 27.9 Å². The summed E-state index contributed by atoms with van der Waals surface area (Å²) in [6.07, 6.45) is 1.57. The van der Waals surface area contributed by atoms with E-state index in [-0.39, 0.29) is 5.97 Å². The Morgan fingerprint density at radius 3 is 2.69 bits per heavy atom. The molecule has 0 aliphatic heterocycles. The summed E-state index contributed by atoms with van der Waals surface area (Å²) in [6.45, 7) is 2.08. The van der Waals surface area contributed by atoms with Crippen LogP contribution in [0.1, 0.15) is 22.3 Å². The van der Waals surface area contributed by atoms with Crippen molar-refractivity contribution in [3.8, 4) is 17.3 Å². The van der Waals surface area contributed by atoms with Gasteiger partial charge in [-0.3, -0.25) is 0 Å². The van der Waals surface area contributed by atoms with Gasteiger partial charge in [0, 0.05) is 27.9 Å². The van der Waals surface area contributed by atoms with Crippen LogP contribution in [-0.2, 0) is 4.74 Å². The smallest absolute Gasteiger partial charge is 0.338 e. The molecule has 0 aliphatic carbocycles. The number of hydrogen-bond donors (Lipinski definition) is 1. The Kier molecular flexibility index (Phi) is 6.89. The van der Waals surface area contributed by atoms with E-state index in [0.29, 0.717) is 38.5 Å². The van der Waals surface area contributed by atoms with Crippen molar-refractivity contribution in [2.45, 2.75) is 6.92 Å². The van der Waals surface area contributed by atoms with Crippen molar-refractivity contribution in [3.63, 3.8) is 0 Å². The average molecular weight is 444 g/mol. The number of halogens is 2. The van der Waals surface area contributed by atoms with Gasteiger partial charge in [-0.15, -0.1) is 11.3 Å². The highest BCUT2D eigenvalue weighted by atomic mass is 35.5. The molecule has 2 aromatic carbocycles. The summed E-state index contributed by atoms with van der Waals surface area (Å²) in [5.74, 6) is -0.372. The first kappa shape index (κ1) is 20.9. The van der Waals surface area contributed by atoms with Gasteiger partial charge in [0.15, 0.2) is 0 Å². The average Bonchev–Trinajstić information content (AvgIpc) is 3.19. The first-order valence-electron chi connectivity index (χ1n) is 8.57. The summed E-state index contributed by atoms with van der Waals surface area (Å²) >= 11 is 13.5. The van der Waals surface area contributed by atoms with Crippen LogP contribution in [0.25, 0.3) is 16.8 Å². The monoisotopic (exact) mass is 443 g/mol. The first-order chi connectivity index (χ1) is 14.0. The minimum absolute atomic E-state index is 0.324. The van der Waals surface area contributed by atoms with Crippen molar-refractivity contribution >= 4 is 51.8 Å². The lowest BCUT2D eigenvalue weighted by atomic mass is 10.2. The highest BCUT2D eigenvalue weighted by Crippen LogP contribution is 2.32. The molecule has 29 heavy (non-hydrogen) atoms. The number of nitrogens with zero attached hydrogens (tertiary/aromatic N) is 2. The Labute approximate surface area is 182 Å². The fraction of sp³-hybridized carbons (Fsp3) is 0.0952. The van der Waals surface area contributed by atoms with Gasteiger partial charge in [-0.05, 0) is 49.4 Å². The second kappa shape index (κ2) is 9.57. The number of nitriles is 1. The molecule has 146 valence electrons. The molecule has 1 aromatic heterocycles. The van der Waals surface area contributed by atoms with Crippen LogP contribution in [0, 0.1) is 11.3 Å². The topological polar surface area (TPSA) is 75.0 Å². The summed E-state index contributed by atoms with van der Waals surface area (Å²) in [5, 5.41) is 16.0. The van der Waals surface area contributed by atoms with Gasteiger partial charge in [0.1, 0.15) is 16.6 Å². The Morgan fingerprint density at radius 1 is 1.28 bits per heavy atom. The molecule has 0 fully saturated rings. The normalized spacial score (nSPS) is 11.0. The molecule has 0 spiro atoms. The van der Waals surface area contributed by atoms with Crippen LogP contribution in [0.15, 0.2) is 54.0 Å². The molecule has 0 unspecified atom stereocenters. The fourth-order valence-electron chi connectivity index (χ4n) is 2.43. The number of ether oxygens (including phenoxy) is 1. The van der Waals surface area contributed by atoms with Gasteiger partial charge in [0.2, 0.25) is 0 Å². The zero-order valence-corrected chi connectivity index (χ0v) is 17.6. The number of anilines is 1. The first-order valence-corrected chi connectivity index (χ1v) is 10.2. The van der Waals surface area contributed by atoms with E-state index in [1.807, 2.05) is 5.38 Å². The Balaban J connectivity index is 1.76. The van der Waals surface area contributed by atoms with E-state index in [2.05, 4.69) is 16.4 Å². The molecule has 0 atom stereocenters. The minimum Gasteiger partial charge on any atom is -0.462 e.